The van der Waals surface area contributed by atoms with Crippen molar-refractivity contribution in [2.45, 2.75) is 38.4 Å². The second-order valence-electron chi connectivity index (χ2n) is 14.4. The molecule has 0 saturated carbocycles. The molecule has 14 heteroatoms. The molecule has 4 aromatic heterocycles. The molecule has 53 heavy (non-hydrogen) atoms. The zero-order valence-electron chi connectivity index (χ0n) is 30.0. The summed E-state index contributed by atoms with van der Waals surface area (Å²) < 4.78 is 30.0. The third-order valence-electron chi connectivity index (χ3n) is 10.6. The van der Waals surface area contributed by atoms with Gasteiger partial charge in [0.25, 0.3) is 0 Å². The van der Waals surface area contributed by atoms with Crippen molar-refractivity contribution in [3.63, 3.8) is 0 Å². The first-order chi connectivity index (χ1) is 25.9. The van der Waals surface area contributed by atoms with Crippen LogP contribution in [-0.2, 0) is 0 Å². The molecule has 4 atom stereocenters. The number of nitrogens with zero attached hydrogens (tertiary/aromatic N) is 8. The number of aryl methyl sites for hydroxylation is 1. The van der Waals surface area contributed by atoms with Crippen molar-refractivity contribution in [3.05, 3.63) is 84.7 Å². The predicted molar refractivity (Wildman–Crippen MR) is 202 cm³/mol. The first kappa shape index (κ1) is 33.5. The highest BCUT2D eigenvalue weighted by Gasteiger charge is 2.27. The van der Waals surface area contributed by atoms with E-state index >= 15 is 0 Å². The zero-order chi connectivity index (χ0) is 35.9. The van der Waals surface area contributed by atoms with Gasteiger partial charge in [-0.2, -0.15) is 10.2 Å². The third-order valence-corrected chi connectivity index (χ3v) is 10.6. The van der Waals surface area contributed by atoms with Crippen LogP contribution in [0.2, 0.25) is 0 Å². The number of aromatic nitrogens is 6. The van der Waals surface area contributed by atoms with Gasteiger partial charge in [0.15, 0.2) is 11.3 Å². The smallest absolute Gasteiger partial charge is 0.165 e. The number of hydrogen-bond donors (Lipinski definition) is 3. The summed E-state index contributed by atoms with van der Waals surface area (Å²) in [6.45, 7) is 12.2. The van der Waals surface area contributed by atoms with Gasteiger partial charge in [0.2, 0.25) is 0 Å². The van der Waals surface area contributed by atoms with E-state index in [-0.39, 0.29) is 5.82 Å². The molecule has 3 N–H and O–H groups in total. The molecule has 4 aliphatic heterocycles. The first-order valence-electron chi connectivity index (χ1n) is 18.5. The molecule has 6 aromatic rings. The van der Waals surface area contributed by atoms with Crippen LogP contribution in [0.25, 0.3) is 33.5 Å². The molecule has 0 spiro atoms. The molecular weight excluding hydrogens is 674 g/mol. The van der Waals surface area contributed by atoms with E-state index in [1.165, 1.54) is 11.6 Å². The number of anilines is 2. The van der Waals surface area contributed by atoms with Crippen molar-refractivity contribution < 1.29 is 13.9 Å². The van der Waals surface area contributed by atoms with Gasteiger partial charge >= 0.3 is 0 Å². The minimum atomic E-state index is -0.307. The lowest BCUT2D eigenvalue weighted by atomic mass is 10.0. The second kappa shape index (κ2) is 14.3. The summed E-state index contributed by atoms with van der Waals surface area (Å²) in [5.41, 5.74) is 5.93. The van der Waals surface area contributed by atoms with E-state index in [4.69, 9.17) is 14.5 Å². The average molecular weight is 718 g/mol. The van der Waals surface area contributed by atoms with Gasteiger partial charge in [-0.1, -0.05) is 6.07 Å². The van der Waals surface area contributed by atoms with Gasteiger partial charge in [-0.15, -0.1) is 0 Å². The summed E-state index contributed by atoms with van der Waals surface area (Å²) in [5.74, 6) is 2.93. The number of benzene rings is 2. The highest BCUT2D eigenvalue weighted by molar-refractivity contribution is 5.81. The van der Waals surface area contributed by atoms with E-state index in [1.807, 2.05) is 35.2 Å². The zero-order valence-corrected chi connectivity index (χ0v) is 30.0. The van der Waals surface area contributed by atoms with Crippen LogP contribution < -0.4 is 25.4 Å². The Bertz CT molecular complexity index is 2260. The highest BCUT2D eigenvalue weighted by atomic mass is 19.1. The summed E-state index contributed by atoms with van der Waals surface area (Å²) >= 11 is 0. The molecule has 2 aromatic carbocycles. The van der Waals surface area contributed by atoms with Gasteiger partial charge in [0.1, 0.15) is 42.2 Å². The number of rotatable bonds is 0. The summed E-state index contributed by atoms with van der Waals surface area (Å²) in [5, 5.41) is 19.3. The van der Waals surface area contributed by atoms with E-state index in [2.05, 4.69) is 73.0 Å². The number of halogens is 1. The Morgan fingerprint density at radius 3 is 2.38 bits per heavy atom. The van der Waals surface area contributed by atoms with Crippen LogP contribution in [0.4, 0.5) is 16.0 Å². The maximum atomic E-state index is 14.4. The van der Waals surface area contributed by atoms with E-state index in [9.17, 15) is 4.39 Å². The largest absolute Gasteiger partial charge is 0.492 e. The molecule has 274 valence electrons. The van der Waals surface area contributed by atoms with Crippen LogP contribution in [-0.4, -0.2) is 116 Å². The van der Waals surface area contributed by atoms with Crippen molar-refractivity contribution in [2.24, 2.45) is 0 Å². The summed E-state index contributed by atoms with van der Waals surface area (Å²) in [4.78, 5) is 14.4. The Hall–Kier alpha value is -5.31. The Balaban J connectivity index is 0.000000141. The summed E-state index contributed by atoms with van der Waals surface area (Å²) in [7, 11) is 0. The minimum absolute atomic E-state index is 0.307. The molecule has 0 aliphatic carbocycles. The molecule has 8 heterocycles. The van der Waals surface area contributed by atoms with Crippen LogP contribution in [0, 0.1) is 12.7 Å². The van der Waals surface area contributed by atoms with Gasteiger partial charge in [-0.3, -0.25) is 9.80 Å². The second-order valence-corrected chi connectivity index (χ2v) is 14.4. The maximum absolute atomic E-state index is 14.4. The minimum Gasteiger partial charge on any atom is -0.492 e. The molecule has 2 saturated heterocycles. The fourth-order valence-electron chi connectivity index (χ4n) is 7.72. The SMILES string of the molecule is Cc1ccc2cc1-c1cnn3ccc(nc13)NCCN1C[C@@H](C)NC[C@H]1CO2.Fc1ccc2cc1-c1cnn3ccc(nc13)N[C@@H]1CCN(CCO2)C1. The average Bonchev–Trinajstić information content (AvgIpc) is 3.91. The molecule has 10 rings (SSSR count). The number of fused-ring (bicyclic) bond motifs is 11. The van der Waals surface area contributed by atoms with Gasteiger partial charge < -0.3 is 25.4 Å². The van der Waals surface area contributed by atoms with E-state index in [0.717, 1.165) is 86.4 Å². The Morgan fingerprint density at radius 2 is 1.53 bits per heavy atom. The van der Waals surface area contributed by atoms with E-state index in [1.54, 1.807) is 22.8 Å². The number of piperazine rings is 1. The number of ether oxygens (including phenoxy) is 2. The molecule has 0 amide bonds. The van der Waals surface area contributed by atoms with Crippen molar-refractivity contribution in [2.75, 3.05) is 69.7 Å². The van der Waals surface area contributed by atoms with Crippen LogP contribution >= 0.6 is 0 Å². The van der Waals surface area contributed by atoms with Gasteiger partial charge in [0.05, 0.1) is 18.4 Å². The normalized spacial score (nSPS) is 22.7. The molecule has 13 nitrogen and oxygen atoms in total. The molecule has 4 aliphatic rings. The van der Waals surface area contributed by atoms with Crippen molar-refractivity contribution >= 4 is 22.9 Å². The van der Waals surface area contributed by atoms with Gasteiger partial charge in [0, 0.05) is 87.0 Å². The lowest BCUT2D eigenvalue weighted by Crippen LogP contribution is -2.58. The Kier molecular flexibility index (Phi) is 9.02. The summed E-state index contributed by atoms with van der Waals surface area (Å²) in [6, 6.07) is 16.2. The third kappa shape index (κ3) is 6.97. The first-order valence-corrected chi connectivity index (χ1v) is 18.5. The van der Waals surface area contributed by atoms with E-state index in [0.29, 0.717) is 53.9 Å². The lowest BCUT2D eigenvalue weighted by Gasteiger charge is -2.39. The van der Waals surface area contributed by atoms with Crippen LogP contribution in [0.15, 0.2) is 73.3 Å². The Labute approximate surface area is 307 Å². The van der Waals surface area contributed by atoms with Crippen LogP contribution in [0.3, 0.4) is 0 Å². The number of hydrogen-bond acceptors (Lipinski definition) is 11. The van der Waals surface area contributed by atoms with Crippen molar-refractivity contribution in [1.29, 1.82) is 0 Å². The molecule has 1 unspecified atom stereocenters. The van der Waals surface area contributed by atoms with Crippen LogP contribution in [0.1, 0.15) is 18.9 Å². The standard InChI is InChI=1S/C21H26N6O.C18H18FN5O/c1-14-3-4-17-9-18(14)19-11-24-27-7-5-20(25-21(19)27)22-6-8-26-12-15(2)23-10-16(26)13-28-17;19-16-2-1-13-9-14(16)15-10-20-24-6-4-17(22-18(15)24)21-12-3-5-23(11-12)7-8-25-13/h3-5,7,9,11,15-16,23H,6,8,10,12-13H2,1-2H3,(H,22,25);1-2,4,6,9-10,12H,3,5,7-8,11H2,(H,21,22)/t15-,16+;12-/m11/s1. The highest BCUT2D eigenvalue weighted by Crippen LogP contribution is 2.32. The topological polar surface area (TPSA) is 121 Å². The number of nitrogens with one attached hydrogen (secondary N) is 3. The van der Waals surface area contributed by atoms with Crippen LogP contribution in [0.5, 0.6) is 11.5 Å². The van der Waals surface area contributed by atoms with Crippen molar-refractivity contribution in [3.8, 4) is 33.8 Å². The predicted octanol–water partition coefficient (Wildman–Crippen LogP) is 4.59. The van der Waals surface area contributed by atoms with Gasteiger partial charge in [-0.25, -0.2) is 23.4 Å². The molecular formula is C39H44FN11O2. The van der Waals surface area contributed by atoms with Gasteiger partial charge in [-0.05, 0) is 73.9 Å². The Morgan fingerprint density at radius 1 is 0.792 bits per heavy atom. The fraction of sp³-hybridized carbons (Fsp3) is 0.385. The van der Waals surface area contributed by atoms with E-state index < -0.39 is 0 Å². The lowest BCUT2D eigenvalue weighted by molar-refractivity contribution is 0.0966. The quantitative estimate of drug-likeness (QED) is 0.205. The van der Waals surface area contributed by atoms with Crippen molar-refractivity contribution in [1.82, 2.24) is 44.3 Å². The molecule has 10 bridgehead atoms. The molecule has 2 fully saturated rings. The monoisotopic (exact) mass is 717 g/mol. The fourth-order valence-corrected chi connectivity index (χ4v) is 7.72. The molecule has 0 radical (unpaired) electrons. The maximum Gasteiger partial charge on any atom is 0.165 e. The summed E-state index contributed by atoms with van der Waals surface area (Å²) in [6.07, 6.45) is 8.42.